The van der Waals surface area contributed by atoms with Gasteiger partial charge in [0.1, 0.15) is 5.57 Å². The lowest BCUT2D eigenvalue weighted by Crippen LogP contribution is -2.32. The van der Waals surface area contributed by atoms with E-state index in [4.69, 9.17) is 27.9 Å². The molecule has 0 saturated heterocycles. The van der Waals surface area contributed by atoms with Gasteiger partial charge in [-0.15, -0.1) is 0 Å². The zero-order valence-electron chi connectivity index (χ0n) is 9.26. The molecule has 92 valence electrons. The largest absolute Gasteiger partial charge is 0.462 e. The second-order valence-electron chi connectivity index (χ2n) is 2.90. The van der Waals surface area contributed by atoms with Crippen molar-refractivity contribution < 1.29 is 14.3 Å². The van der Waals surface area contributed by atoms with Gasteiger partial charge in [0.05, 0.1) is 6.61 Å². The maximum absolute atomic E-state index is 11.5. The van der Waals surface area contributed by atoms with Crippen LogP contribution < -0.4 is 5.32 Å². The Balaban J connectivity index is 4.66. The first-order chi connectivity index (χ1) is 7.52. The summed E-state index contributed by atoms with van der Waals surface area (Å²) >= 11 is 10.8. The standard InChI is InChI=1S/C10H15Cl2NO3/c1-3-5-6-7(9(15)16-4-2)8(14)13-10(11)12/h6,10H,3-5H2,1-2H3,(H,13,14)/b7-6+. The minimum Gasteiger partial charge on any atom is -0.462 e. The molecule has 1 N–H and O–H groups in total. The molecule has 0 radical (unpaired) electrons. The topological polar surface area (TPSA) is 55.4 Å². The molecule has 0 aromatic rings. The minimum absolute atomic E-state index is 0.0602. The fourth-order valence-corrected chi connectivity index (χ4v) is 1.14. The summed E-state index contributed by atoms with van der Waals surface area (Å²) in [6.07, 6.45) is 2.95. The quantitative estimate of drug-likeness (QED) is 0.200. The molecule has 0 aromatic carbocycles. The molecule has 0 unspecified atom stereocenters. The second kappa shape index (κ2) is 8.42. The molecule has 0 heterocycles. The molecule has 0 aliphatic rings. The lowest BCUT2D eigenvalue weighted by Gasteiger charge is -2.08. The fourth-order valence-electron chi connectivity index (χ4n) is 0.943. The number of unbranched alkanes of at least 4 members (excludes halogenated alkanes) is 1. The predicted octanol–water partition coefficient (Wildman–Crippen LogP) is 2.15. The van der Waals surface area contributed by atoms with Crippen LogP contribution in [0, 0.1) is 0 Å². The van der Waals surface area contributed by atoms with Crippen molar-refractivity contribution >= 4 is 35.1 Å². The van der Waals surface area contributed by atoms with E-state index in [2.05, 4.69) is 5.32 Å². The average molecular weight is 268 g/mol. The van der Waals surface area contributed by atoms with E-state index in [1.54, 1.807) is 6.92 Å². The number of allylic oxidation sites excluding steroid dienone is 1. The van der Waals surface area contributed by atoms with E-state index in [-0.39, 0.29) is 12.2 Å². The number of carbonyl (C=O) groups is 2. The number of alkyl halides is 2. The van der Waals surface area contributed by atoms with Gasteiger partial charge in [-0.05, 0) is 13.3 Å². The number of carbonyl (C=O) groups excluding carboxylic acids is 2. The third-order valence-electron chi connectivity index (χ3n) is 1.62. The lowest BCUT2D eigenvalue weighted by molar-refractivity contribution is -0.140. The average Bonchev–Trinajstić information content (AvgIpc) is 2.17. The van der Waals surface area contributed by atoms with Gasteiger partial charge in [0.25, 0.3) is 5.91 Å². The normalized spacial score (nSPS) is 11.4. The first-order valence-corrected chi connectivity index (χ1v) is 5.86. The van der Waals surface area contributed by atoms with E-state index in [1.165, 1.54) is 6.08 Å². The van der Waals surface area contributed by atoms with Crippen LogP contribution in [-0.4, -0.2) is 23.4 Å². The Hall–Kier alpha value is -0.740. The second-order valence-corrected chi connectivity index (χ2v) is 4.00. The van der Waals surface area contributed by atoms with Gasteiger partial charge in [0.2, 0.25) is 0 Å². The molecule has 0 rings (SSSR count). The highest BCUT2D eigenvalue weighted by Crippen LogP contribution is 2.05. The first-order valence-electron chi connectivity index (χ1n) is 4.99. The molecule has 0 atom stereocenters. The van der Waals surface area contributed by atoms with E-state index in [0.29, 0.717) is 6.42 Å². The van der Waals surface area contributed by atoms with Gasteiger partial charge in [-0.3, -0.25) is 4.79 Å². The summed E-state index contributed by atoms with van der Waals surface area (Å²) in [5.41, 5.74) is -0.0602. The van der Waals surface area contributed by atoms with Crippen LogP contribution in [0.5, 0.6) is 0 Å². The SMILES string of the molecule is CCC/C=C(\C(=O)NC(Cl)Cl)C(=O)OCC. The van der Waals surface area contributed by atoms with Gasteiger partial charge in [-0.1, -0.05) is 42.6 Å². The molecular formula is C10H15Cl2NO3. The third kappa shape index (κ3) is 5.98. The zero-order valence-corrected chi connectivity index (χ0v) is 10.8. The van der Waals surface area contributed by atoms with Gasteiger partial charge in [0.15, 0.2) is 4.96 Å². The first kappa shape index (κ1) is 15.3. The summed E-state index contributed by atoms with van der Waals surface area (Å²) in [7, 11) is 0. The van der Waals surface area contributed by atoms with E-state index < -0.39 is 16.8 Å². The Morgan fingerprint density at radius 1 is 1.38 bits per heavy atom. The van der Waals surface area contributed by atoms with E-state index in [0.717, 1.165) is 6.42 Å². The smallest absolute Gasteiger partial charge is 0.343 e. The van der Waals surface area contributed by atoms with Gasteiger partial charge >= 0.3 is 5.97 Å². The van der Waals surface area contributed by atoms with Crippen molar-refractivity contribution in [3.05, 3.63) is 11.6 Å². The van der Waals surface area contributed by atoms with E-state index >= 15 is 0 Å². The lowest BCUT2D eigenvalue weighted by atomic mass is 10.2. The maximum atomic E-state index is 11.5. The molecule has 6 heteroatoms. The Morgan fingerprint density at radius 3 is 2.44 bits per heavy atom. The molecule has 0 bridgehead atoms. The van der Waals surface area contributed by atoms with Gasteiger partial charge < -0.3 is 10.1 Å². The van der Waals surface area contributed by atoms with Crippen molar-refractivity contribution in [1.82, 2.24) is 5.32 Å². The number of halogens is 2. The van der Waals surface area contributed by atoms with Crippen molar-refractivity contribution in [2.24, 2.45) is 0 Å². The molecular weight excluding hydrogens is 253 g/mol. The maximum Gasteiger partial charge on any atom is 0.343 e. The van der Waals surface area contributed by atoms with Crippen LogP contribution in [0.4, 0.5) is 0 Å². The Labute approximate surface area is 105 Å². The minimum atomic E-state index is -1.05. The highest BCUT2D eigenvalue weighted by molar-refractivity contribution is 6.45. The van der Waals surface area contributed by atoms with Crippen LogP contribution in [0.1, 0.15) is 26.7 Å². The summed E-state index contributed by atoms with van der Waals surface area (Å²) in [6.45, 7) is 3.81. The van der Waals surface area contributed by atoms with Gasteiger partial charge in [-0.25, -0.2) is 4.79 Å². The van der Waals surface area contributed by atoms with Crippen LogP contribution in [0.25, 0.3) is 0 Å². The molecule has 0 aliphatic carbocycles. The summed E-state index contributed by atoms with van der Waals surface area (Å²) in [6, 6.07) is 0. The van der Waals surface area contributed by atoms with Crippen molar-refractivity contribution in [2.45, 2.75) is 31.6 Å². The van der Waals surface area contributed by atoms with Crippen molar-refractivity contribution in [3.63, 3.8) is 0 Å². The molecule has 0 aliphatic heterocycles. The van der Waals surface area contributed by atoms with Gasteiger partial charge in [0, 0.05) is 0 Å². The number of hydrogen-bond acceptors (Lipinski definition) is 3. The molecule has 16 heavy (non-hydrogen) atoms. The molecule has 4 nitrogen and oxygen atoms in total. The Morgan fingerprint density at radius 2 is 2.00 bits per heavy atom. The van der Waals surface area contributed by atoms with Gasteiger partial charge in [-0.2, -0.15) is 0 Å². The van der Waals surface area contributed by atoms with Crippen molar-refractivity contribution in [2.75, 3.05) is 6.61 Å². The number of esters is 1. The highest BCUT2D eigenvalue weighted by Gasteiger charge is 2.20. The number of hydrogen-bond donors (Lipinski definition) is 1. The fraction of sp³-hybridized carbons (Fsp3) is 0.600. The highest BCUT2D eigenvalue weighted by atomic mass is 35.5. The van der Waals surface area contributed by atoms with Crippen LogP contribution in [-0.2, 0) is 14.3 Å². The van der Waals surface area contributed by atoms with Crippen LogP contribution in [0.15, 0.2) is 11.6 Å². The Bertz CT molecular complexity index is 277. The van der Waals surface area contributed by atoms with Crippen molar-refractivity contribution in [3.8, 4) is 0 Å². The molecule has 0 fully saturated rings. The van der Waals surface area contributed by atoms with Crippen LogP contribution in [0.3, 0.4) is 0 Å². The van der Waals surface area contributed by atoms with Crippen molar-refractivity contribution in [1.29, 1.82) is 0 Å². The van der Waals surface area contributed by atoms with E-state index in [1.807, 2.05) is 6.92 Å². The summed E-state index contributed by atoms with van der Waals surface area (Å²) in [5, 5.41) is 2.21. The molecule has 1 amide bonds. The van der Waals surface area contributed by atoms with E-state index in [9.17, 15) is 9.59 Å². The predicted molar refractivity (Wildman–Crippen MR) is 63.3 cm³/mol. The van der Waals surface area contributed by atoms with Crippen LogP contribution in [0.2, 0.25) is 0 Å². The summed E-state index contributed by atoms with van der Waals surface area (Å²) in [5.74, 6) is -1.29. The molecule has 0 spiro atoms. The number of amides is 1. The monoisotopic (exact) mass is 267 g/mol. The Kier molecular flexibility index (Phi) is 8.03. The number of rotatable bonds is 6. The molecule has 0 aromatic heterocycles. The summed E-state index contributed by atoms with van der Waals surface area (Å²) < 4.78 is 4.75. The zero-order chi connectivity index (χ0) is 12.6. The number of ether oxygens (including phenoxy) is 1. The third-order valence-corrected chi connectivity index (χ3v) is 1.84. The van der Waals surface area contributed by atoms with Crippen LogP contribution >= 0.6 is 23.2 Å². The number of nitrogens with one attached hydrogen (secondary N) is 1. The molecule has 0 saturated carbocycles. The summed E-state index contributed by atoms with van der Waals surface area (Å²) in [4.78, 5) is 21.9.